The molecule has 8 heteroatoms. The highest BCUT2D eigenvalue weighted by Crippen LogP contribution is 2.13. The molecular weight excluding hydrogens is 408 g/mol. The fraction of sp³-hybridized carbons (Fsp3) is 0.818. The Kier molecular flexibility index (Phi) is 17.5. The standard InChI is InChI=1S/C22H40O7S/c1-3-5-6-7-8-9-10-11-12-13-14-15-16-18-29-22(24)20(30(25,26)27)19-21(23)28-17-4-2/h4,20H,2-3,5-19H2,1H3,(H,25,26,27). The monoisotopic (exact) mass is 448 g/mol. The maximum Gasteiger partial charge on any atom is 0.327 e. The van der Waals surface area contributed by atoms with Gasteiger partial charge in [0.1, 0.15) is 6.61 Å². The number of hydrogen-bond donors (Lipinski definition) is 1. The molecule has 0 spiro atoms. The second kappa shape index (κ2) is 18.4. The molecular formula is C22H40O7S. The van der Waals surface area contributed by atoms with Crippen molar-refractivity contribution in [1.82, 2.24) is 0 Å². The SMILES string of the molecule is C=CCOC(=O)CC(C(=O)OCCCCCCCCCCCCCCC)S(=O)(=O)O. The average Bonchev–Trinajstić information content (AvgIpc) is 2.69. The van der Waals surface area contributed by atoms with Gasteiger partial charge in [0.2, 0.25) is 0 Å². The molecule has 176 valence electrons. The molecule has 0 fully saturated rings. The van der Waals surface area contributed by atoms with Crippen molar-refractivity contribution in [2.24, 2.45) is 0 Å². The van der Waals surface area contributed by atoms with Gasteiger partial charge in [-0.2, -0.15) is 8.42 Å². The fourth-order valence-electron chi connectivity index (χ4n) is 3.06. The van der Waals surface area contributed by atoms with Gasteiger partial charge >= 0.3 is 11.9 Å². The van der Waals surface area contributed by atoms with Crippen molar-refractivity contribution in [3.8, 4) is 0 Å². The summed E-state index contributed by atoms with van der Waals surface area (Å²) in [5, 5.41) is -1.96. The molecule has 30 heavy (non-hydrogen) atoms. The van der Waals surface area contributed by atoms with Crippen molar-refractivity contribution in [2.75, 3.05) is 13.2 Å². The second-order valence-electron chi connectivity index (χ2n) is 7.59. The Morgan fingerprint density at radius 2 is 1.33 bits per heavy atom. The molecule has 0 aromatic rings. The first-order valence-corrected chi connectivity index (χ1v) is 12.7. The minimum absolute atomic E-state index is 0.0598. The molecule has 0 bridgehead atoms. The summed E-state index contributed by atoms with van der Waals surface area (Å²) in [6, 6.07) is 0. The molecule has 0 aliphatic heterocycles. The number of rotatable bonds is 20. The largest absolute Gasteiger partial charge is 0.465 e. The maximum absolute atomic E-state index is 11.9. The number of unbranched alkanes of at least 4 members (excludes halogenated alkanes) is 12. The highest BCUT2D eigenvalue weighted by Gasteiger charge is 2.35. The molecule has 0 aliphatic rings. The number of ether oxygens (including phenoxy) is 2. The van der Waals surface area contributed by atoms with Gasteiger partial charge in [0.25, 0.3) is 10.1 Å². The molecule has 0 saturated heterocycles. The third kappa shape index (κ3) is 16.4. The molecule has 7 nitrogen and oxygen atoms in total. The van der Waals surface area contributed by atoms with Crippen LogP contribution in [-0.2, 0) is 29.2 Å². The lowest BCUT2D eigenvalue weighted by molar-refractivity contribution is -0.149. The van der Waals surface area contributed by atoms with Gasteiger partial charge in [-0.1, -0.05) is 96.6 Å². The normalized spacial score (nSPS) is 12.3. The smallest absolute Gasteiger partial charge is 0.327 e. The van der Waals surface area contributed by atoms with E-state index in [1.54, 1.807) is 0 Å². The zero-order valence-corrected chi connectivity index (χ0v) is 19.3. The van der Waals surface area contributed by atoms with Crippen LogP contribution in [0.3, 0.4) is 0 Å². The van der Waals surface area contributed by atoms with Gasteiger partial charge in [-0.3, -0.25) is 14.1 Å². The van der Waals surface area contributed by atoms with E-state index in [9.17, 15) is 22.6 Å². The first kappa shape index (κ1) is 28.6. The zero-order chi connectivity index (χ0) is 22.7. The topological polar surface area (TPSA) is 107 Å². The molecule has 1 N–H and O–H groups in total. The minimum Gasteiger partial charge on any atom is -0.465 e. The number of esters is 2. The van der Waals surface area contributed by atoms with Crippen LogP contribution >= 0.6 is 0 Å². The summed E-state index contributed by atoms with van der Waals surface area (Å²) < 4.78 is 41.5. The van der Waals surface area contributed by atoms with E-state index < -0.39 is 33.7 Å². The van der Waals surface area contributed by atoms with Crippen LogP contribution in [-0.4, -0.2) is 43.4 Å². The third-order valence-corrected chi connectivity index (χ3v) is 5.91. The van der Waals surface area contributed by atoms with E-state index in [1.165, 1.54) is 63.9 Å². The van der Waals surface area contributed by atoms with Crippen LogP contribution in [0.4, 0.5) is 0 Å². The Balaban J connectivity index is 3.80. The van der Waals surface area contributed by atoms with Gasteiger partial charge < -0.3 is 9.47 Å². The third-order valence-electron chi connectivity index (χ3n) is 4.83. The van der Waals surface area contributed by atoms with Crippen molar-refractivity contribution in [3.63, 3.8) is 0 Å². The first-order valence-electron chi connectivity index (χ1n) is 11.2. The molecule has 0 saturated carbocycles. The average molecular weight is 449 g/mol. The zero-order valence-electron chi connectivity index (χ0n) is 18.5. The van der Waals surface area contributed by atoms with E-state index >= 15 is 0 Å². The molecule has 0 aliphatic carbocycles. The van der Waals surface area contributed by atoms with Crippen molar-refractivity contribution in [3.05, 3.63) is 12.7 Å². The Morgan fingerprint density at radius 3 is 1.77 bits per heavy atom. The van der Waals surface area contributed by atoms with E-state index in [4.69, 9.17) is 4.74 Å². The summed E-state index contributed by atoms with van der Waals surface area (Å²) >= 11 is 0. The van der Waals surface area contributed by atoms with Gasteiger partial charge in [-0.05, 0) is 6.42 Å². The fourth-order valence-corrected chi connectivity index (χ4v) is 3.72. The van der Waals surface area contributed by atoms with Gasteiger partial charge in [0.05, 0.1) is 13.0 Å². The summed E-state index contributed by atoms with van der Waals surface area (Å²) in [5.41, 5.74) is 0. The second-order valence-corrected chi connectivity index (χ2v) is 9.19. The van der Waals surface area contributed by atoms with Crippen molar-refractivity contribution < 1.29 is 32.0 Å². The highest BCUT2D eigenvalue weighted by atomic mass is 32.2. The predicted octanol–water partition coefficient (Wildman–Crippen LogP) is 5.00. The van der Waals surface area contributed by atoms with Crippen LogP contribution in [0.5, 0.6) is 0 Å². The van der Waals surface area contributed by atoms with Crippen LogP contribution in [0.1, 0.15) is 96.8 Å². The lowest BCUT2D eigenvalue weighted by atomic mass is 10.0. The van der Waals surface area contributed by atoms with Crippen LogP contribution in [0.25, 0.3) is 0 Å². The van der Waals surface area contributed by atoms with Crippen molar-refractivity contribution >= 4 is 22.1 Å². The summed E-state index contributed by atoms with van der Waals surface area (Å²) in [4.78, 5) is 23.4. The molecule has 1 unspecified atom stereocenters. The van der Waals surface area contributed by atoms with Crippen LogP contribution < -0.4 is 0 Å². The maximum atomic E-state index is 11.9. The molecule has 0 amide bonds. The summed E-state index contributed by atoms with van der Waals surface area (Å²) in [6.45, 7) is 5.54. The predicted molar refractivity (Wildman–Crippen MR) is 118 cm³/mol. The van der Waals surface area contributed by atoms with E-state index in [1.807, 2.05) is 0 Å². The lowest BCUT2D eigenvalue weighted by Gasteiger charge is -2.12. The Bertz CT molecular complexity index is 572. The molecule has 0 rings (SSSR count). The first-order chi connectivity index (χ1) is 14.3. The van der Waals surface area contributed by atoms with Crippen LogP contribution in [0.2, 0.25) is 0 Å². The van der Waals surface area contributed by atoms with Gasteiger partial charge in [0.15, 0.2) is 5.25 Å². The Hall–Kier alpha value is -1.41. The molecule has 0 radical (unpaired) electrons. The van der Waals surface area contributed by atoms with Crippen LogP contribution in [0.15, 0.2) is 12.7 Å². The van der Waals surface area contributed by atoms with Crippen LogP contribution in [0, 0.1) is 0 Å². The van der Waals surface area contributed by atoms with E-state index in [2.05, 4.69) is 18.2 Å². The molecule has 1 atom stereocenters. The summed E-state index contributed by atoms with van der Waals surface area (Å²) in [6.07, 6.45) is 15.9. The highest BCUT2D eigenvalue weighted by molar-refractivity contribution is 7.87. The van der Waals surface area contributed by atoms with Gasteiger partial charge in [-0.15, -0.1) is 0 Å². The van der Waals surface area contributed by atoms with Gasteiger partial charge in [0, 0.05) is 0 Å². The molecule has 0 aromatic heterocycles. The lowest BCUT2D eigenvalue weighted by Crippen LogP contribution is -2.34. The van der Waals surface area contributed by atoms with Crippen molar-refractivity contribution in [2.45, 2.75) is 102 Å². The molecule has 0 aromatic carbocycles. The van der Waals surface area contributed by atoms with Gasteiger partial charge in [-0.25, -0.2) is 0 Å². The summed E-state index contributed by atoms with van der Waals surface area (Å²) in [5.74, 6) is -2.05. The Labute approximate surface area is 182 Å². The number of carbonyl (C=O) groups is 2. The number of hydrogen-bond acceptors (Lipinski definition) is 6. The van der Waals surface area contributed by atoms with Crippen molar-refractivity contribution in [1.29, 1.82) is 0 Å². The minimum atomic E-state index is -4.75. The van der Waals surface area contributed by atoms with E-state index in [0.29, 0.717) is 6.42 Å². The summed E-state index contributed by atoms with van der Waals surface area (Å²) in [7, 11) is -4.75. The van der Waals surface area contributed by atoms with E-state index in [-0.39, 0.29) is 13.2 Å². The number of carbonyl (C=O) groups excluding carboxylic acids is 2. The van der Waals surface area contributed by atoms with E-state index in [0.717, 1.165) is 19.3 Å². The molecule has 0 heterocycles. The quantitative estimate of drug-likeness (QED) is 0.121. The Morgan fingerprint density at radius 1 is 0.867 bits per heavy atom.